The van der Waals surface area contributed by atoms with E-state index in [0.29, 0.717) is 19.6 Å². The van der Waals surface area contributed by atoms with Crippen molar-refractivity contribution in [1.29, 1.82) is 0 Å². The van der Waals surface area contributed by atoms with Crippen LogP contribution in [0.5, 0.6) is 5.75 Å². The van der Waals surface area contributed by atoms with Gasteiger partial charge in [0.2, 0.25) is 0 Å². The molecule has 0 saturated carbocycles. The molecule has 0 N–H and O–H groups in total. The lowest BCUT2D eigenvalue weighted by molar-refractivity contribution is -0.384. The molecule has 1 aromatic rings. The van der Waals surface area contributed by atoms with Gasteiger partial charge in [0, 0.05) is 45.4 Å². The molecule has 0 bridgehead atoms. The van der Waals surface area contributed by atoms with E-state index in [1.54, 1.807) is 16.8 Å². The molecule has 0 radical (unpaired) electrons. The molecule has 2 saturated heterocycles. The third-order valence-electron chi connectivity index (χ3n) is 4.81. The van der Waals surface area contributed by atoms with Crippen molar-refractivity contribution < 1.29 is 19.2 Å². The Kier molecular flexibility index (Phi) is 5.24. The van der Waals surface area contributed by atoms with Crippen LogP contribution >= 0.6 is 0 Å². The summed E-state index contributed by atoms with van der Waals surface area (Å²) in [5.74, 6) is 0.261. The predicted molar refractivity (Wildman–Crippen MR) is 93.1 cm³/mol. The molecule has 9 heteroatoms. The molecule has 26 heavy (non-hydrogen) atoms. The molecule has 2 aliphatic rings. The van der Waals surface area contributed by atoms with Gasteiger partial charge in [-0.05, 0) is 31.4 Å². The molecule has 9 nitrogen and oxygen atoms in total. The van der Waals surface area contributed by atoms with E-state index in [2.05, 4.69) is 0 Å². The van der Waals surface area contributed by atoms with E-state index in [9.17, 15) is 19.7 Å². The van der Waals surface area contributed by atoms with Crippen LogP contribution in [0.3, 0.4) is 0 Å². The van der Waals surface area contributed by atoms with Gasteiger partial charge in [0.1, 0.15) is 5.75 Å². The second-order valence-corrected chi connectivity index (χ2v) is 6.61. The molecule has 1 atom stereocenters. The van der Waals surface area contributed by atoms with Crippen LogP contribution in [-0.2, 0) is 0 Å². The fourth-order valence-electron chi connectivity index (χ4n) is 3.40. The number of urea groups is 1. The summed E-state index contributed by atoms with van der Waals surface area (Å²) in [4.78, 5) is 40.1. The smallest absolute Gasteiger partial charge is 0.410 e. The third kappa shape index (κ3) is 3.87. The van der Waals surface area contributed by atoms with Gasteiger partial charge in [-0.2, -0.15) is 0 Å². The number of carbonyl (C=O) groups excluding carboxylic acids is 2. The standard InChI is InChI=1S/C17H22N4O5/c1-18-9-3-11-20(16(18)22)14-4-2-10-19(12-14)17(23)26-15-7-5-13(6-8-15)21(24)25/h5-8,14H,2-4,9-12H2,1H3/t14-/m1/s1. The summed E-state index contributed by atoms with van der Waals surface area (Å²) in [5, 5.41) is 10.7. The molecular weight excluding hydrogens is 340 g/mol. The number of nitrogens with zero attached hydrogens (tertiary/aromatic N) is 4. The van der Waals surface area contributed by atoms with Gasteiger partial charge in [0.25, 0.3) is 5.69 Å². The largest absolute Gasteiger partial charge is 0.415 e. The van der Waals surface area contributed by atoms with Crippen molar-refractivity contribution in [2.75, 3.05) is 33.2 Å². The minimum atomic E-state index is -0.506. The summed E-state index contributed by atoms with van der Waals surface area (Å²) in [6, 6.07) is 5.39. The molecule has 2 aliphatic heterocycles. The van der Waals surface area contributed by atoms with E-state index in [4.69, 9.17) is 4.74 Å². The Hall–Kier alpha value is -2.84. The van der Waals surface area contributed by atoms with Crippen molar-refractivity contribution in [3.05, 3.63) is 34.4 Å². The lowest BCUT2D eigenvalue weighted by Crippen LogP contribution is -2.57. The fraction of sp³-hybridized carbons (Fsp3) is 0.529. The highest BCUT2D eigenvalue weighted by Gasteiger charge is 2.34. The van der Waals surface area contributed by atoms with Crippen LogP contribution in [0.25, 0.3) is 0 Å². The third-order valence-corrected chi connectivity index (χ3v) is 4.81. The first-order chi connectivity index (χ1) is 12.5. The number of likely N-dealkylation sites (tertiary alicyclic amines) is 1. The Labute approximate surface area is 151 Å². The summed E-state index contributed by atoms with van der Waals surface area (Å²) in [5.41, 5.74) is -0.0597. The molecule has 1 aromatic carbocycles. The van der Waals surface area contributed by atoms with Gasteiger partial charge in [-0.3, -0.25) is 10.1 Å². The Bertz CT molecular complexity index is 693. The predicted octanol–water partition coefficient (Wildman–Crippen LogP) is 2.32. The molecule has 140 valence electrons. The monoisotopic (exact) mass is 362 g/mol. The van der Waals surface area contributed by atoms with Gasteiger partial charge < -0.3 is 19.4 Å². The van der Waals surface area contributed by atoms with Crippen LogP contribution in [0, 0.1) is 10.1 Å². The molecule has 3 rings (SSSR count). The number of rotatable bonds is 3. The SMILES string of the molecule is CN1CCCN([C@@H]2CCCN(C(=O)Oc3ccc([N+](=O)[O-])cc3)C2)C1=O. The summed E-state index contributed by atoms with van der Waals surface area (Å²) in [7, 11) is 1.79. The van der Waals surface area contributed by atoms with Crippen LogP contribution < -0.4 is 4.74 Å². The number of hydrogen-bond acceptors (Lipinski definition) is 5. The summed E-state index contributed by atoms with van der Waals surface area (Å²) in [6.45, 7) is 2.47. The van der Waals surface area contributed by atoms with Crippen LogP contribution in [0.4, 0.5) is 15.3 Å². The topological polar surface area (TPSA) is 96.2 Å². The quantitative estimate of drug-likeness (QED) is 0.607. The zero-order valence-electron chi connectivity index (χ0n) is 14.7. The molecule has 0 unspecified atom stereocenters. The second-order valence-electron chi connectivity index (χ2n) is 6.61. The highest BCUT2D eigenvalue weighted by atomic mass is 16.6. The summed E-state index contributed by atoms with van der Waals surface area (Å²) >= 11 is 0. The van der Waals surface area contributed by atoms with Crippen molar-refractivity contribution in [3.63, 3.8) is 0 Å². The number of hydrogen-bond donors (Lipinski definition) is 0. The van der Waals surface area contributed by atoms with Crippen LogP contribution in [-0.4, -0.2) is 71.0 Å². The van der Waals surface area contributed by atoms with E-state index < -0.39 is 11.0 Å². The summed E-state index contributed by atoms with van der Waals surface area (Å²) < 4.78 is 5.32. The second kappa shape index (κ2) is 7.59. The van der Waals surface area contributed by atoms with E-state index in [1.807, 2.05) is 4.90 Å². The van der Waals surface area contributed by atoms with Crippen molar-refractivity contribution >= 4 is 17.8 Å². The first kappa shape index (κ1) is 18.0. The van der Waals surface area contributed by atoms with E-state index in [1.165, 1.54) is 24.3 Å². The Balaban J connectivity index is 1.60. The van der Waals surface area contributed by atoms with Gasteiger partial charge >= 0.3 is 12.1 Å². The van der Waals surface area contributed by atoms with Gasteiger partial charge in [-0.25, -0.2) is 9.59 Å². The normalized spacial score (nSPS) is 20.9. The van der Waals surface area contributed by atoms with Crippen molar-refractivity contribution in [2.24, 2.45) is 0 Å². The minimum Gasteiger partial charge on any atom is -0.410 e. The van der Waals surface area contributed by atoms with Crippen molar-refractivity contribution in [3.8, 4) is 5.75 Å². The lowest BCUT2D eigenvalue weighted by atomic mass is 10.0. The summed E-state index contributed by atoms with van der Waals surface area (Å²) in [6.07, 6.45) is 2.08. The van der Waals surface area contributed by atoms with Crippen molar-refractivity contribution in [2.45, 2.75) is 25.3 Å². The van der Waals surface area contributed by atoms with Crippen LogP contribution in [0.2, 0.25) is 0 Å². The van der Waals surface area contributed by atoms with E-state index in [-0.39, 0.29) is 23.5 Å². The Morgan fingerprint density at radius 3 is 2.62 bits per heavy atom. The lowest BCUT2D eigenvalue weighted by Gasteiger charge is -2.42. The van der Waals surface area contributed by atoms with Gasteiger partial charge in [-0.1, -0.05) is 0 Å². The highest BCUT2D eigenvalue weighted by molar-refractivity contribution is 5.75. The number of non-ortho nitro benzene ring substituents is 1. The maximum absolute atomic E-state index is 12.4. The van der Waals surface area contributed by atoms with E-state index >= 15 is 0 Å². The number of ether oxygens (including phenoxy) is 1. The average Bonchev–Trinajstić information content (AvgIpc) is 2.64. The molecule has 0 aliphatic carbocycles. The molecule has 0 aromatic heterocycles. The van der Waals surface area contributed by atoms with E-state index in [0.717, 1.165) is 25.8 Å². The van der Waals surface area contributed by atoms with Crippen molar-refractivity contribution in [1.82, 2.24) is 14.7 Å². The minimum absolute atomic E-state index is 0.00633. The number of benzene rings is 1. The Morgan fingerprint density at radius 2 is 1.92 bits per heavy atom. The number of carbonyl (C=O) groups is 2. The van der Waals surface area contributed by atoms with Gasteiger partial charge in [-0.15, -0.1) is 0 Å². The zero-order chi connectivity index (χ0) is 18.7. The highest BCUT2D eigenvalue weighted by Crippen LogP contribution is 2.22. The Morgan fingerprint density at radius 1 is 1.19 bits per heavy atom. The average molecular weight is 362 g/mol. The van der Waals surface area contributed by atoms with Gasteiger partial charge in [0.15, 0.2) is 0 Å². The van der Waals surface area contributed by atoms with Gasteiger partial charge in [0.05, 0.1) is 11.0 Å². The van der Waals surface area contributed by atoms with Crippen LogP contribution in [0.15, 0.2) is 24.3 Å². The van der Waals surface area contributed by atoms with Crippen LogP contribution in [0.1, 0.15) is 19.3 Å². The molecule has 2 heterocycles. The maximum atomic E-state index is 12.4. The number of nitro groups is 1. The first-order valence-electron chi connectivity index (χ1n) is 8.68. The molecule has 3 amide bonds. The zero-order valence-corrected chi connectivity index (χ0v) is 14.7. The number of piperidine rings is 1. The molecular formula is C17H22N4O5. The maximum Gasteiger partial charge on any atom is 0.415 e. The molecule has 0 spiro atoms. The molecule has 2 fully saturated rings. The first-order valence-corrected chi connectivity index (χ1v) is 8.68. The number of nitro benzene ring substituents is 1. The fourth-order valence-corrected chi connectivity index (χ4v) is 3.40. The number of amides is 3.